The molecular weight excluding hydrogens is 443 g/mol. The molecule has 132 valence electrons. The van der Waals surface area contributed by atoms with Crippen LogP contribution in [0.25, 0.3) is 0 Å². The Morgan fingerprint density at radius 3 is 2.87 bits per heavy atom. The van der Waals surface area contributed by atoms with Crippen LogP contribution < -0.4 is 10.6 Å². The third-order valence-corrected chi connectivity index (χ3v) is 5.29. The first kappa shape index (κ1) is 21.0. The molecule has 0 amide bonds. The maximum atomic E-state index is 5.96. The lowest BCUT2D eigenvalue weighted by Crippen LogP contribution is -2.40. The van der Waals surface area contributed by atoms with Crippen LogP contribution in [0, 0.1) is 0 Å². The highest BCUT2D eigenvalue weighted by Crippen LogP contribution is 2.21. The molecule has 0 saturated carbocycles. The molecule has 2 N–H and O–H groups in total. The minimum Gasteiger partial charge on any atom is -0.357 e. The highest BCUT2D eigenvalue weighted by Gasteiger charge is 2.22. The van der Waals surface area contributed by atoms with Crippen molar-refractivity contribution < 1.29 is 0 Å². The second kappa shape index (κ2) is 11.5. The minimum absolute atomic E-state index is 0. The van der Waals surface area contributed by atoms with Gasteiger partial charge in [-0.05, 0) is 51.4 Å². The molecule has 1 unspecified atom stereocenters. The zero-order valence-electron chi connectivity index (χ0n) is 14.0. The van der Waals surface area contributed by atoms with Gasteiger partial charge in [-0.3, -0.25) is 9.89 Å². The van der Waals surface area contributed by atoms with Crippen LogP contribution in [0.2, 0.25) is 4.34 Å². The lowest BCUT2D eigenvalue weighted by molar-refractivity contribution is 0.273. The van der Waals surface area contributed by atoms with E-state index in [1.54, 1.807) is 11.3 Å². The maximum absolute atomic E-state index is 5.96. The van der Waals surface area contributed by atoms with Gasteiger partial charge < -0.3 is 10.6 Å². The maximum Gasteiger partial charge on any atom is 0.191 e. The van der Waals surface area contributed by atoms with Crippen LogP contribution in [0.5, 0.6) is 0 Å². The molecule has 0 spiro atoms. The van der Waals surface area contributed by atoms with Crippen molar-refractivity contribution in [2.75, 3.05) is 32.7 Å². The predicted octanol–water partition coefficient (Wildman–Crippen LogP) is 3.60. The molecular formula is C16H28ClIN4S. The fourth-order valence-corrected chi connectivity index (χ4v) is 3.93. The van der Waals surface area contributed by atoms with Gasteiger partial charge in [0.2, 0.25) is 0 Å². The number of likely N-dealkylation sites (N-methyl/N-ethyl adjacent to an activating group) is 1. The van der Waals surface area contributed by atoms with Gasteiger partial charge >= 0.3 is 0 Å². The van der Waals surface area contributed by atoms with Crippen LogP contribution in [0.15, 0.2) is 17.1 Å². The second-order valence-corrected chi connectivity index (χ2v) is 7.33. The summed E-state index contributed by atoms with van der Waals surface area (Å²) in [4.78, 5) is 8.60. The van der Waals surface area contributed by atoms with E-state index in [4.69, 9.17) is 16.6 Å². The van der Waals surface area contributed by atoms with E-state index in [0.717, 1.165) is 42.9 Å². The van der Waals surface area contributed by atoms with Crippen molar-refractivity contribution >= 4 is 52.9 Å². The predicted molar refractivity (Wildman–Crippen MR) is 113 cm³/mol. The summed E-state index contributed by atoms with van der Waals surface area (Å²) in [5, 5.41) is 6.75. The Labute approximate surface area is 166 Å². The zero-order valence-corrected chi connectivity index (χ0v) is 17.9. The lowest BCUT2D eigenvalue weighted by atomic mass is 10.2. The SMILES string of the molecule is CCNC(=NCC1CCCN1CC)NCCc1ccc(Cl)s1.I. The molecule has 1 atom stereocenters. The Morgan fingerprint density at radius 2 is 2.22 bits per heavy atom. The minimum atomic E-state index is 0. The van der Waals surface area contributed by atoms with Crippen LogP contribution >= 0.6 is 46.9 Å². The van der Waals surface area contributed by atoms with E-state index in [0.29, 0.717) is 6.04 Å². The van der Waals surface area contributed by atoms with Crippen molar-refractivity contribution in [3.05, 3.63) is 21.3 Å². The standard InChI is InChI=1S/C16H27ClN4S.HI/c1-3-18-16(19-10-9-14-7-8-15(17)22-14)20-12-13-6-5-11-21(13)4-2;/h7-8,13H,3-6,9-12H2,1-2H3,(H2,18,19,20);1H. The van der Waals surface area contributed by atoms with E-state index in [1.165, 1.54) is 24.3 Å². The number of hydrogen-bond acceptors (Lipinski definition) is 3. The van der Waals surface area contributed by atoms with Crippen LogP contribution in [0.1, 0.15) is 31.6 Å². The van der Waals surface area contributed by atoms with Gasteiger partial charge in [0.15, 0.2) is 5.96 Å². The van der Waals surface area contributed by atoms with Crippen molar-refractivity contribution in [3.8, 4) is 0 Å². The average Bonchev–Trinajstić information content (AvgIpc) is 3.13. The molecule has 1 aromatic heterocycles. The summed E-state index contributed by atoms with van der Waals surface area (Å²) in [6.07, 6.45) is 3.55. The Kier molecular flexibility index (Phi) is 10.5. The molecule has 1 aliphatic rings. The lowest BCUT2D eigenvalue weighted by Gasteiger charge is -2.21. The molecule has 1 aromatic rings. The normalized spacial score (nSPS) is 18.7. The highest BCUT2D eigenvalue weighted by molar-refractivity contribution is 14.0. The molecule has 1 saturated heterocycles. The number of halogens is 2. The molecule has 23 heavy (non-hydrogen) atoms. The van der Waals surface area contributed by atoms with Crippen LogP contribution in [0.4, 0.5) is 0 Å². The number of aliphatic imine (C=N–C) groups is 1. The fourth-order valence-electron chi connectivity index (χ4n) is 2.85. The third-order valence-electron chi connectivity index (χ3n) is 4.00. The van der Waals surface area contributed by atoms with Gasteiger partial charge in [0.25, 0.3) is 0 Å². The monoisotopic (exact) mass is 470 g/mol. The Balaban J connectivity index is 0.00000264. The Hall–Kier alpha value is -0.0500. The van der Waals surface area contributed by atoms with Crippen LogP contribution in [-0.2, 0) is 6.42 Å². The quantitative estimate of drug-likeness (QED) is 0.363. The van der Waals surface area contributed by atoms with E-state index in [-0.39, 0.29) is 24.0 Å². The number of guanidine groups is 1. The van der Waals surface area contributed by atoms with E-state index in [9.17, 15) is 0 Å². The van der Waals surface area contributed by atoms with Gasteiger partial charge in [-0.25, -0.2) is 0 Å². The second-order valence-electron chi connectivity index (χ2n) is 5.53. The van der Waals surface area contributed by atoms with Gasteiger partial charge in [0, 0.05) is 24.0 Å². The summed E-state index contributed by atoms with van der Waals surface area (Å²) in [5.41, 5.74) is 0. The van der Waals surface area contributed by atoms with Crippen molar-refractivity contribution in [1.82, 2.24) is 15.5 Å². The number of thiophene rings is 1. The van der Waals surface area contributed by atoms with E-state index in [1.807, 2.05) is 6.07 Å². The molecule has 0 aliphatic carbocycles. The van der Waals surface area contributed by atoms with Gasteiger partial charge in [0.05, 0.1) is 10.9 Å². The van der Waals surface area contributed by atoms with Gasteiger partial charge in [-0.2, -0.15) is 0 Å². The zero-order chi connectivity index (χ0) is 15.8. The molecule has 7 heteroatoms. The van der Waals surface area contributed by atoms with E-state index < -0.39 is 0 Å². The van der Waals surface area contributed by atoms with Gasteiger partial charge in [0.1, 0.15) is 0 Å². The number of rotatable bonds is 7. The van der Waals surface area contributed by atoms with E-state index >= 15 is 0 Å². The topological polar surface area (TPSA) is 39.7 Å². The van der Waals surface area contributed by atoms with Gasteiger partial charge in [-0.15, -0.1) is 35.3 Å². The van der Waals surface area contributed by atoms with Crippen LogP contribution in [0.3, 0.4) is 0 Å². The summed E-state index contributed by atoms with van der Waals surface area (Å²) in [6, 6.07) is 4.66. The molecule has 4 nitrogen and oxygen atoms in total. The Bertz CT molecular complexity index is 480. The van der Waals surface area contributed by atoms with Crippen LogP contribution in [-0.4, -0.2) is 49.6 Å². The van der Waals surface area contributed by atoms with Gasteiger partial charge in [-0.1, -0.05) is 18.5 Å². The summed E-state index contributed by atoms with van der Waals surface area (Å²) in [7, 11) is 0. The van der Waals surface area contributed by atoms with Crippen molar-refractivity contribution in [2.24, 2.45) is 4.99 Å². The smallest absolute Gasteiger partial charge is 0.191 e. The first-order valence-electron chi connectivity index (χ1n) is 8.23. The summed E-state index contributed by atoms with van der Waals surface area (Å²) in [5.74, 6) is 0.924. The first-order chi connectivity index (χ1) is 10.7. The van der Waals surface area contributed by atoms with Crippen molar-refractivity contribution in [2.45, 2.75) is 39.2 Å². The number of likely N-dealkylation sites (tertiary alicyclic amines) is 1. The number of nitrogens with zero attached hydrogens (tertiary/aromatic N) is 2. The third kappa shape index (κ3) is 7.15. The fraction of sp³-hybridized carbons (Fsp3) is 0.688. The van der Waals surface area contributed by atoms with Crippen molar-refractivity contribution in [3.63, 3.8) is 0 Å². The summed E-state index contributed by atoms with van der Waals surface area (Å²) in [6.45, 7) is 9.34. The largest absolute Gasteiger partial charge is 0.357 e. The number of hydrogen-bond donors (Lipinski definition) is 2. The van der Waals surface area contributed by atoms with Crippen molar-refractivity contribution in [1.29, 1.82) is 0 Å². The molecule has 2 heterocycles. The molecule has 1 aliphatic heterocycles. The molecule has 1 fully saturated rings. The molecule has 0 radical (unpaired) electrons. The van der Waals surface area contributed by atoms with E-state index in [2.05, 4.69) is 35.4 Å². The first-order valence-corrected chi connectivity index (χ1v) is 9.42. The number of nitrogens with one attached hydrogen (secondary N) is 2. The molecule has 0 aromatic carbocycles. The summed E-state index contributed by atoms with van der Waals surface area (Å²) < 4.78 is 0.858. The molecule has 2 rings (SSSR count). The highest BCUT2D eigenvalue weighted by atomic mass is 127. The average molecular weight is 471 g/mol. The molecule has 0 bridgehead atoms. The Morgan fingerprint density at radius 1 is 1.39 bits per heavy atom. The summed E-state index contributed by atoms with van der Waals surface area (Å²) >= 11 is 7.61.